The van der Waals surface area contributed by atoms with Gasteiger partial charge in [-0.15, -0.1) is 0 Å². The zero-order valence-electron chi connectivity index (χ0n) is 13.6. The number of halogens is 1. The predicted octanol–water partition coefficient (Wildman–Crippen LogP) is 3.04. The first kappa shape index (κ1) is 17.0. The van der Waals surface area contributed by atoms with Crippen LogP contribution >= 0.6 is 11.6 Å². The van der Waals surface area contributed by atoms with E-state index >= 15 is 0 Å². The van der Waals surface area contributed by atoms with Crippen molar-refractivity contribution in [3.05, 3.63) is 29.6 Å². The van der Waals surface area contributed by atoms with Crippen LogP contribution in [0.5, 0.6) is 0 Å². The maximum atomic E-state index is 11.5. The molecule has 7 nitrogen and oxygen atoms in total. The molecule has 0 spiro atoms. The molecule has 2 aromatic rings. The summed E-state index contributed by atoms with van der Waals surface area (Å²) < 4.78 is 7.00. The summed E-state index contributed by atoms with van der Waals surface area (Å²) in [5.41, 5.74) is 0.809. The van der Waals surface area contributed by atoms with Crippen molar-refractivity contribution in [1.82, 2.24) is 19.3 Å². The van der Waals surface area contributed by atoms with Gasteiger partial charge in [-0.3, -0.25) is 4.40 Å². The van der Waals surface area contributed by atoms with E-state index in [1.807, 2.05) is 10.6 Å². The monoisotopic (exact) mass is 352 g/mol. The van der Waals surface area contributed by atoms with Crippen molar-refractivity contribution in [2.45, 2.75) is 37.6 Å². The van der Waals surface area contributed by atoms with Crippen LogP contribution in [0.15, 0.2) is 18.6 Å². The molecule has 3 rings (SSSR count). The Morgan fingerprint density at radius 2 is 2.17 bits per heavy atom. The van der Waals surface area contributed by atoms with Crippen LogP contribution in [0.2, 0.25) is 5.15 Å². The van der Waals surface area contributed by atoms with Crippen molar-refractivity contribution >= 4 is 23.2 Å². The third-order valence-corrected chi connectivity index (χ3v) is 5.02. The van der Waals surface area contributed by atoms with Gasteiger partial charge < -0.3 is 14.7 Å². The van der Waals surface area contributed by atoms with Gasteiger partial charge in [0, 0.05) is 38.0 Å². The Morgan fingerprint density at radius 3 is 2.83 bits per heavy atom. The van der Waals surface area contributed by atoms with Crippen LogP contribution in [0.1, 0.15) is 37.4 Å². The summed E-state index contributed by atoms with van der Waals surface area (Å²) in [5, 5.41) is 9.85. The van der Waals surface area contributed by atoms with Crippen molar-refractivity contribution in [2.24, 2.45) is 0 Å². The molecule has 0 saturated heterocycles. The number of carboxylic acid groups (broad SMARTS) is 1. The van der Waals surface area contributed by atoms with E-state index in [1.165, 1.54) is 4.90 Å². The van der Waals surface area contributed by atoms with Crippen LogP contribution in [-0.2, 0) is 4.74 Å². The minimum Gasteiger partial charge on any atom is -0.465 e. The molecule has 1 saturated carbocycles. The van der Waals surface area contributed by atoms with Crippen molar-refractivity contribution in [3.8, 4) is 0 Å². The lowest BCUT2D eigenvalue weighted by Crippen LogP contribution is -2.43. The molecule has 1 N–H and O–H groups in total. The molecule has 1 aliphatic carbocycles. The minimum atomic E-state index is -0.875. The maximum Gasteiger partial charge on any atom is 0.407 e. The number of imidazole rings is 1. The third kappa shape index (κ3) is 3.32. The maximum absolute atomic E-state index is 11.5. The van der Waals surface area contributed by atoms with Gasteiger partial charge >= 0.3 is 6.09 Å². The van der Waals surface area contributed by atoms with Gasteiger partial charge in [0.1, 0.15) is 11.3 Å². The Bertz CT molecular complexity index is 712. The molecular formula is C16H21ClN4O3. The Labute approximate surface area is 145 Å². The number of hydrogen-bond acceptors (Lipinski definition) is 4. The zero-order chi connectivity index (χ0) is 17.1. The summed E-state index contributed by atoms with van der Waals surface area (Å²) in [4.78, 5) is 21.6. The Morgan fingerprint density at radius 1 is 1.42 bits per heavy atom. The average Bonchev–Trinajstić information content (AvgIpc) is 3.01. The van der Waals surface area contributed by atoms with E-state index < -0.39 is 6.09 Å². The Hall–Kier alpha value is -1.86. The molecule has 8 heteroatoms. The average molecular weight is 353 g/mol. The number of amides is 1. The van der Waals surface area contributed by atoms with E-state index in [1.54, 1.807) is 19.5 Å². The molecule has 0 aromatic carbocycles. The second-order valence-electron chi connectivity index (χ2n) is 6.06. The molecule has 0 unspecified atom stereocenters. The van der Waals surface area contributed by atoms with E-state index in [2.05, 4.69) is 9.97 Å². The van der Waals surface area contributed by atoms with E-state index in [0.717, 1.165) is 37.0 Å². The number of hydrogen-bond donors (Lipinski definition) is 1. The molecule has 0 radical (unpaired) electrons. The number of fused-ring (bicyclic) bond motifs is 1. The number of carbonyl (C=O) groups is 1. The fourth-order valence-electron chi connectivity index (χ4n) is 3.49. The Balaban J connectivity index is 1.70. The molecule has 130 valence electrons. The molecule has 0 aliphatic heterocycles. The third-order valence-electron chi connectivity index (χ3n) is 4.73. The molecule has 24 heavy (non-hydrogen) atoms. The van der Waals surface area contributed by atoms with Gasteiger partial charge in [-0.05, 0) is 25.7 Å². The molecule has 0 bridgehead atoms. The summed E-state index contributed by atoms with van der Waals surface area (Å²) in [6.07, 6.45) is 7.88. The van der Waals surface area contributed by atoms with Crippen molar-refractivity contribution in [3.63, 3.8) is 0 Å². The first-order valence-corrected chi connectivity index (χ1v) is 8.45. The lowest BCUT2D eigenvalue weighted by molar-refractivity contribution is 0.0842. The van der Waals surface area contributed by atoms with E-state index in [4.69, 9.17) is 16.3 Å². The summed E-state index contributed by atoms with van der Waals surface area (Å²) in [5.74, 6) is 1.28. The molecule has 0 atom stereocenters. The van der Waals surface area contributed by atoms with E-state index in [0.29, 0.717) is 24.2 Å². The van der Waals surface area contributed by atoms with Gasteiger partial charge in [-0.2, -0.15) is 0 Å². The first-order chi connectivity index (χ1) is 11.6. The summed E-state index contributed by atoms with van der Waals surface area (Å²) in [6.45, 7) is 0.831. The molecular weight excluding hydrogens is 332 g/mol. The fraction of sp³-hybridized carbons (Fsp3) is 0.562. The number of rotatable bonds is 5. The highest BCUT2D eigenvalue weighted by molar-refractivity contribution is 6.32. The molecule has 2 aromatic heterocycles. The standard InChI is InChI=1S/C16H21ClN4O3/c1-24-9-8-20(16(22)23)12-4-2-11(3-5-12)15-19-10-13-14(17)18-6-7-21(13)15/h6-7,10-12H,2-5,8-9H2,1H3,(H,22,23)/t11-,12-. The lowest BCUT2D eigenvalue weighted by Gasteiger charge is -2.34. The summed E-state index contributed by atoms with van der Waals surface area (Å²) >= 11 is 6.10. The number of nitrogens with zero attached hydrogens (tertiary/aromatic N) is 4. The quantitative estimate of drug-likeness (QED) is 0.894. The van der Waals surface area contributed by atoms with E-state index in [9.17, 15) is 9.90 Å². The van der Waals surface area contributed by atoms with Crippen LogP contribution < -0.4 is 0 Å². The highest BCUT2D eigenvalue weighted by Crippen LogP contribution is 2.35. The number of aromatic nitrogens is 3. The van der Waals surface area contributed by atoms with Crippen LogP contribution in [0.4, 0.5) is 4.79 Å². The van der Waals surface area contributed by atoms with Gasteiger partial charge in [-0.1, -0.05) is 11.6 Å². The summed E-state index contributed by atoms with van der Waals surface area (Å²) in [6, 6.07) is 0.0466. The molecule has 2 heterocycles. The van der Waals surface area contributed by atoms with Crippen molar-refractivity contribution < 1.29 is 14.6 Å². The fourth-order valence-corrected chi connectivity index (χ4v) is 3.68. The van der Waals surface area contributed by atoms with Crippen LogP contribution in [0.25, 0.3) is 5.52 Å². The molecule has 1 aliphatic rings. The second kappa shape index (κ2) is 7.36. The van der Waals surface area contributed by atoms with Gasteiger partial charge in [0.05, 0.1) is 12.8 Å². The van der Waals surface area contributed by atoms with Gasteiger partial charge in [0.2, 0.25) is 0 Å². The normalized spacial score (nSPS) is 21.1. The summed E-state index contributed by atoms with van der Waals surface area (Å²) in [7, 11) is 1.58. The highest BCUT2D eigenvalue weighted by atomic mass is 35.5. The predicted molar refractivity (Wildman–Crippen MR) is 89.6 cm³/mol. The van der Waals surface area contributed by atoms with Gasteiger partial charge in [-0.25, -0.2) is 14.8 Å². The molecule has 1 fully saturated rings. The zero-order valence-corrected chi connectivity index (χ0v) is 14.3. The van der Waals surface area contributed by atoms with Crippen LogP contribution in [0, 0.1) is 0 Å². The van der Waals surface area contributed by atoms with Crippen molar-refractivity contribution in [2.75, 3.05) is 20.3 Å². The van der Waals surface area contributed by atoms with Gasteiger partial charge in [0.25, 0.3) is 0 Å². The first-order valence-electron chi connectivity index (χ1n) is 8.07. The van der Waals surface area contributed by atoms with E-state index in [-0.39, 0.29) is 6.04 Å². The largest absolute Gasteiger partial charge is 0.465 e. The van der Waals surface area contributed by atoms with Crippen molar-refractivity contribution in [1.29, 1.82) is 0 Å². The second-order valence-corrected chi connectivity index (χ2v) is 6.42. The number of ether oxygens (including phenoxy) is 1. The smallest absolute Gasteiger partial charge is 0.407 e. The van der Waals surface area contributed by atoms with Gasteiger partial charge in [0.15, 0.2) is 5.15 Å². The van der Waals surface area contributed by atoms with Crippen LogP contribution in [-0.4, -0.2) is 56.8 Å². The highest BCUT2D eigenvalue weighted by Gasteiger charge is 2.30. The van der Waals surface area contributed by atoms with Crippen LogP contribution in [0.3, 0.4) is 0 Å². The SMILES string of the molecule is COCCN(C(=O)O)[C@H]1CC[C@H](c2ncc3c(Cl)nccn32)CC1. The minimum absolute atomic E-state index is 0.0466. The Kier molecular flexibility index (Phi) is 5.20. The number of methoxy groups -OCH3 is 1. The molecule has 1 amide bonds. The topological polar surface area (TPSA) is 80.0 Å². The lowest BCUT2D eigenvalue weighted by atomic mass is 9.85.